The van der Waals surface area contributed by atoms with Crippen LogP contribution < -0.4 is 5.32 Å². The third-order valence-corrected chi connectivity index (χ3v) is 6.26. The normalized spacial score (nSPS) is 12.1. The number of carbonyl (C=O) groups excluding carboxylic acids is 1. The third kappa shape index (κ3) is 3.49. The van der Waals surface area contributed by atoms with Crippen molar-refractivity contribution in [2.45, 2.75) is 32.6 Å². The highest BCUT2D eigenvalue weighted by Crippen LogP contribution is 2.44. The van der Waals surface area contributed by atoms with Gasteiger partial charge in [-0.3, -0.25) is 4.79 Å². The van der Waals surface area contributed by atoms with Gasteiger partial charge < -0.3 is 15.4 Å². The van der Waals surface area contributed by atoms with Crippen molar-refractivity contribution in [3.8, 4) is 22.4 Å². The van der Waals surface area contributed by atoms with Crippen LogP contribution in [-0.2, 0) is 17.6 Å². The Morgan fingerprint density at radius 2 is 1.94 bits per heavy atom. The zero-order valence-electron chi connectivity index (χ0n) is 18.0. The summed E-state index contributed by atoms with van der Waals surface area (Å²) >= 11 is 0. The molecule has 1 aliphatic carbocycles. The Balaban J connectivity index is 1.53. The fourth-order valence-electron chi connectivity index (χ4n) is 4.60. The first kappa shape index (κ1) is 20.5. The molecule has 0 radical (unpaired) electrons. The Morgan fingerprint density at radius 3 is 2.69 bits per heavy atom. The van der Waals surface area contributed by atoms with Crippen LogP contribution in [0.5, 0.6) is 0 Å². The standard InChI is InChI=1S/C27H25FN2O2/c1-2-3-4-16-5-7-17(8-6-16)20-11-9-18-13-22-21-14-19(29-24(32)15-31)10-12-23(21)30-27(22)25(18)26(20)28/h5-12,14,30-31H,2-4,13,15H2,1H3,(H,29,32). The van der Waals surface area contributed by atoms with E-state index in [0.29, 0.717) is 23.2 Å². The number of hydrogen-bond donors (Lipinski definition) is 3. The Morgan fingerprint density at radius 1 is 1.12 bits per heavy atom. The minimum atomic E-state index is -0.567. The molecule has 1 heterocycles. The Hall–Kier alpha value is -3.44. The summed E-state index contributed by atoms with van der Waals surface area (Å²) in [4.78, 5) is 14.9. The van der Waals surface area contributed by atoms with Crippen LogP contribution in [0, 0.1) is 5.82 Å². The monoisotopic (exact) mass is 428 g/mol. The summed E-state index contributed by atoms with van der Waals surface area (Å²) in [6.45, 7) is 1.61. The molecule has 0 spiro atoms. The molecular formula is C27H25FN2O2. The molecule has 0 atom stereocenters. The largest absolute Gasteiger partial charge is 0.387 e. The molecule has 5 heteroatoms. The first-order valence-corrected chi connectivity index (χ1v) is 11.1. The van der Waals surface area contributed by atoms with E-state index in [0.717, 1.165) is 52.5 Å². The van der Waals surface area contributed by atoms with Crippen molar-refractivity contribution >= 4 is 22.5 Å². The highest BCUT2D eigenvalue weighted by Gasteiger charge is 2.28. The first-order valence-electron chi connectivity index (χ1n) is 11.1. The number of anilines is 1. The van der Waals surface area contributed by atoms with Crippen molar-refractivity contribution in [3.63, 3.8) is 0 Å². The van der Waals surface area contributed by atoms with E-state index >= 15 is 4.39 Å². The SMILES string of the molecule is CCCCc1ccc(-c2ccc3c(c2F)-c2[nH]c4ccc(NC(=O)CO)cc4c2C3)cc1. The average Bonchev–Trinajstić information content (AvgIpc) is 3.34. The number of amides is 1. The van der Waals surface area contributed by atoms with Gasteiger partial charge >= 0.3 is 0 Å². The van der Waals surface area contributed by atoms with Crippen molar-refractivity contribution < 1.29 is 14.3 Å². The van der Waals surface area contributed by atoms with Gasteiger partial charge in [0.15, 0.2) is 0 Å². The molecule has 162 valence electrons. The fourth-order valence-corrected chi connectivity index (χ4v) is 4.60. The van der Waals surface area contributed by atoms with Gasteiger partial charge in [0, 0.05) is 34.1 Å². The Kier molecular flexibility index (Phi) is 5.27. The van der Waals surface area contributed by atoms with Crippen LogP contribution in [0.4, 0.5) is 10.1 Å². The summed E-state index contributed by atoms with van der Waals surface area (Å²) in [7, 11) is 0. The van der Waals surface area contributed by atoms with E-state index in [4.69, 9.17) is 5.11 Å². The molecule has 1 aliphatic rings. The zero-order valence-corrected chi connectivity index (χ0v) is 18.0. The molecule has 0 unspecified atom stereocenters. The van der Waals surface area contributed by atoms with E-state index in [2.05, 4.69) is 29.4 Å². The van der Waals surface area contributed by atoms with Gasteiger partial charge in [0.1, 0.15) is 12.4 Å². The highest BCUT2D eigenvalue weighted by atomic mass is 19.1. The molecule has 4 aromatic rings. The van der Waals surface area contributed by atoms with E-state index < -0.39 is 12.5 Å². The molecule has 3 aromatic carbocycles. The van der Waals surface area contributed by atoms with Crippen molar-refractivity contribution in [1.82, 2.24) is 4.98 Å². The number of carbonyl (C=O) groups is 1. The van der Waals surface area contributed by atoms with Crippen LogP contribution in [0.15, 0.2) is 54.6 Å². The lowest BCUT2D eigenvalue weighted by Gasteiger charge is -2.10. The number of aliphatic hydroxyl groups excluding tert-OH is 1. The molecule has 0 saturated carbocycles. The number of aryl methyl sites for hydroxylation is 1. The number of halogens is 1. The number of H-pyrrole nitrogens is 1. The minimum absolute atomic E-state index is 0.206. The minimum Gasteiger partial charge on any atom is -0.387 e. The zero-order chi connectivity index (χ0) is 22.2. The summed E-state index contributed by atoms with van der Waals surface area (Å²) in [5, 5.41) is 12.6. The van der Waals surface area contributed by atoms with Gasteiger partial charge in [0.2, 0.25) is 5.91 Å². The molecule has 5 rings (SSSR count). The topological polar surface area (TPSA) is 65.1 Å². The van der Waals surface area contributed by atoms with Crippen LogP contribution in [0.3, 0.4) is 0 Å². The predicted octanol–water partition coefficient (Wildman–Crippen LogP) is 5.82. The molecule has 0 aliphatic heterocycles. The van der Waals surface area contributed by atoms with Gasteiger partial charge in [-0.05, 0) is 53.3 Å². The van der Waals surface area contributed by atoms with E-state index in [1.54, 1.807) is 6.07 Å². The molecule has 0 bridgehead atoms. The Labute approximate surface area is 186 Å². The van der Waals surface area contributed by atoms with Crippen molar-refractivity contribution in [3.05, 3.63) is 77.1 Å². The van der Waals surface area contributed by atoms with Gasteiger partial charge in [-0.1, -0.05) is 49.7 Å². The second kappa shape index (κ2) is 8.24. The molecule has 3 N–H and O–H groups in total. The number of aliphatic hydroxyl groups is 1. The first-order chi connectivity index (χ1) is 15.6. The number of aromatic nitrogens is 1. The maximum atomic E-state index is 15.8. The lowest BCUT2D eigenvalue weighted by Crippen LogP contribution is -2.15. The maximum absolute atomic E-state index is 15.8. The van der Waals surface area contributed by atoms with E-state index in [1.807, 2.05) is 36.4 Å². The number of hydrogen-bond acceptors (Lipinski definition) is 2. The van der Waals surface area contributed by atoms with Crippen LogP contribution in [-0.4, -0.2) is 22.6 Å². The summed E-state index contributed by atoms with van der Waals surface area (Å²) in [6.07, 6.45) is 3.99. The van der Waals surface area contributed by atoms with Crippen LogP contribution >= 0.6 is 0 Å². The van der Waals surface area contributed by atoms with Crippen molar-refractivity contribution in [2.75, 3.05) is 11.9 Å². The quantitative estimate of drug-likeness (QED) is 0.319. The highest BCUT2D eigenvalue weighted by molar-refractivity contribution is 5.99. The summed E-state index contributed by atoms with van der Waals surface area (Å²) in [5.41, 5.74) is 7.69. The van der Waals surface area contributed by atoms with Gasteiger partial charge in [-0.2, -0.15) is 0 Å². The molecule has 32 heavy (non-hydrogen) atoms. The number of nitrogens with one attached hydrogen (secondary N) is 2. The molecular weight excluding hydrogens is 403 g/mol. The number of unbranched alkanes of at least 4 members (excludes halogenated alkanes) is 1. The lowest BCUT2D eigenvalue weighted by molar-refractivity contribution is -0.118. The van der Waals surface area contributed by atoms with E-state index in [1.165, 1.54) is 5.56 Å². The molecule has 4 nitrogen and oxygen atoms in total. The summed E-state index contributed by atoms with van der Waals surface area (Å²) in [5.74, 6) is -0.667. The number of benzene rings is 3. The predicted molar refractivity (Wildman–Crippen MR) is 126 cm³/mol. The van der Waals surface area contributed by atoms with Crippen LogP contribution in [0.2, 0.25) is 0 Å². The molecule has 1 aromatic heterocycles. The Bertz CT molecular complexity index is 1320. The maximum Gasteiger partial charge on any atom is 0.250 e. The number of rotatable bonds is 6. The summed E-state index contributed by atoms with van der Waals surface area (Å²) < 4.78 is 15.8. The smallest absolute Gasteiger partial charge is 0.250 e. The van der Waals surface area contributed by atoms with Gasteiger partial charge in [0.25, 0.3) is 0 Å². The van der Waals surface area contributed by atoms with Crippen LogP contribution in [0.25, 0.3) is 33.3 Å². The molecule has 1 amide bonds. The molecule has 0 saturated heterocycles. The van der Waals surface area contributed by atoms with Crippen LogP contribution in [0.1, 0.15) is 36.5 Å². The number of aromatic amines is 1. The lowest BCUT2D eigenvalue weighted by atomic mass is 9.97. The third-order valence-electron chi connectivity index (χ3n) is 6.26. The average molecular weight is 429 g/mol. The fraction of sp³-hybridized carbons (Fsp3) is 0.222. The van der Waals surface area contributed by atoms with Gasteiger partial charge in [-0.15, -0.1) is 0 Å². The van der Waals surface area contributed by atoms with Crippen molar-refractivity contribution in [2.24, 2.45) is 0 Å². The van der Waals surface area contributed by atoms with Crippen molar-refractivity contribution in [1.29, 1.82) is 0 Å². The van der Waals surface area contributed by atoms with E-state index in [-0.39, 0.29) is 5.82 Å². The second-order valence-corrected chi connectivity index (χ2v) is 8.38. The summed E-state index contributed by atoms with van der Waals surface area (Å²) in [6, 6.07) is 17.6. The van der Waals surface area contributed by atoms with E-state index in [9.17, 15) is 4.79 Å². The second-order valence-electron chi connectivity index (χ2n) is 8.38. The molecule has 0 fully saturated rings. The number of fused-ring (bicyclic) bond motifs is 5. The van der Waals surface area contributed by atoms with Gasteiger partial charge in [-0.25, -0.2) is 4.39 Å². The van der Waals surface area contributed by atoms with Gasteiger partial charge in [0.05, 0.1) is 5.69 Å².